The van der Waals surface area contributed by atoms with Crippen molar-refractivity contribution >= 4 is 39.3 Å². The zero-order chi connectivity index (χ0) is 20.3. The predicted molar refractivity (Wildman–Crippen MR) is 103 cm³/mol. The molecule has 0 bridgehead atoms. The lowest BCUT2D eigenvalue weighted by Crippen LogP contribution is -2.42. The van der Waals surface area contributed by atoms with E-state index in [-0.39, 0.29) is 31.8 Å². The molecular weight excluding hydrogens is 436 g/mol. The van der Waals surface area contributed by atoms with Gasteiger partial charge in [0.05, 0.1) is 22.7 Å². The summed E-state index contributed by atoms with van der Waals surface area (Å²) in [5.74, 6) is -2.97. The fourth-order valence-electron chi connectivity index (χ4n) is 2.81. The van der Waals surface area contributed by atoms with Gasteiger partial charge in [0.1, 0.15) is 5.82 Å². The summed E-state index contributed by atoms with van der Waals surface area (Å²) < 4.78 is 31.7. The van der Waals surface area contributed by atoms with Crippen molar-refractivity contribution in [2.45, 2.75) is 18.8 Å². The fourth-order valence-corrected chi connectivity index (χ4v) is 3.26. The number of methoxy groups -OCH3 is 1. The summed E-state index contributed by atoms with van der Waals surface area (Å²) in [6, 6.07) is 8.24. The molecule has 2 heterocycles. The van der Waals surface area contributed by atoms with Crippen LogP contribution in [0.3, 0.4) is 0 Å². The topological polar surface area (TPSA) is 71.5 Å². The van der Waals surface area contributed by atoms with Gasteiger partial charge >= 0.3 is 5.97 Å². The van der Waals surface area contributed by atoms with Crippen molar-refractivity contribution in [3.63, 3.8) is 0 Å². The molecule has 1 aromatic carbocycles. The third kappa shape index (κ3) is 4.64. The highest BCUT2D eigenvalue weighted by Gasteiger charge is 2.35. The van der Waals surface area contributed by atoms with Crippen LogP contribution in [0.2, 0.25) is 0 Å². The molecule has 0 saturated carbocycles. The first-order valence-electron chi connectivity index (χ1n) is 8.57. The van der Waals surface area contributed by atoms with Crippen molar-refractivity contribution in [3.8, 4) is 0 Å². The number of anilines is 2. The highest BCUT2D eigenvalue weighted by molar-refractivity contribution is 9.10. The average Bonchev–Trinajstić information content (AvgIpc) is 2.69. The highest BCUT2D eigenvalue weighted by atomic mass is 79.9. The maximum Gasteiger partial charge on any atom is 0.337 e. The number of carbonyl (C=O) groups excluding carboxylic acids is 2. The second kappa shape index (κ2) is 8.22. The van der Waals surface area contributed by atoms with Gasteiger partial charge in [-0.3, -0.25) is 4.79 Å². The number of carbonyl (C=O) groups is 2. The summed E-state index contributed by atoms with van der Waals surface area (Å²) in [6.45, 7) is 0.0476. The van der Waals surface area contributed by atoms with E-state index in [9.17, 15) is 18.4 Å². The van der Waals surface area contributed by atoms with Crippen LogP contribution in [-0.4, -0.2) is 47.9 Å². The van der Waals surface area contributed by atoms with E-state index < -0.39 is 11.9 Å². The minimum atomic E-state index is -2.70. The van der Waals surface area contributed by atoms with Crippen LogP contribution in [0.25, 0.3) is 0 Å². The fraction of sp³-hybridized carbons (Fsp3) is 0.316. The van der Waals surface area contributed by atoms with Gasteiger partial charge in [-0.2, -0.15) is 0 Å². The van der Waals surface area contributed by atoms with E-state index in [1.165, 1.54) is 18.2 Å². The summed E-state index contributed by atoms with van der Waals surface area (Å²) in [7, 11) is 1.31. The van der Waals surface area contributed by atoms with Gasteiger partial charge in [0, 0.05) is 37.8 Å². The largest absolute Gasteiger partial charge is 0.465 e. The van der Waals surface area contributed by atoms with Crippen LogP contribution in [0.15, 0.2) is 41.0 Å². The average molecular weight is 454 g/mol. The number of hydrogen-bond acceptors (Lipinski definition) is 5. The first-order valence-corrected chi connectivity index (χ1v) is 9.36. The first-order chi connectivity index (χ1) is 13.3. The van der Waals surface area contributed by atoms with E-state index >= 15 is 0 Å². The molecule has 1 N–H and O–H groups in total. The normalized spacial score (nSPS) is 15.8. The molecule has 0 aliphatic carbocycles. The third-order valence-electron chi connectivity index (χ3n) is 4.44. The molecule has 1 aromatic heterocycles. The van der Waals surface area contributed by atoms with Crippen LogP contribution < -0.4 is 5.32 Å². The van der Waals surface area contributed by atoms with E-state index in [0.717, 1.165) is 0 Å². The SMILES string of the molecule is COC(=O)c1ccc(Nc2ncc(C(=O)N3CCC(F)(F)CC3)cc2Br)cc1. The molecular formula is C19H18BrF2N3O3. The number of rotatable bonds is 4. The molecule has 6 nitrogen and oxygen atoms in total. The van der Waals surface area contributed by atoms with Crippen LogP contribution in [0.1, 0.15) is 33.6 Å². The molecule has 0 radical (unpaired) electrons. The summed E-state index contributed by atoms with van der Waals surface area (Å²) in [5.41, 5.74) is 1.44. The Kier molecular flexibility index (Phi) is 5.93. The van der Waals surface area contributed by atoms with Crippen molar-refractivity contribution in [2.24, 2.45) is 0 Å². The number of likely N-dealkylation sites (tertiary alicyclic amines) is 1. The minimum Gasteiger partial charge on any atom is -0.465 e. The maximum atomic E-state index is 13.3. The van der Waals surface area contributed by atoms with E-state index in [0.29, 0.717) is 27.1 Å². The van der Waals surface area contributed by atoms with Crippen LogP contribution in [0.5, 0.6) is 0 Å². The molecule has 148 valence electrons. The van der Waals surface area contributed by atoms with Crippen LogP contribution >= 0.6 is 15.9 Å². The van der Waals surface area contributed by atoms with Crippen molar-refractivity contribution in [2.75, 3.05) is 25.5 Å². The Labute approximate surface area is 169 Å². The van der Waals surface area contributed by atoms with E-state index in [4.69, 9.17) is 0 Å². The molecule has 2 aromatic rings. The number of esters is 1. The molecule has 28 heavy (non-hydrogen) atoms. The number of hydrogen-bond donors (Lipinski definition) is 1. The van der Waals surface area contributed by atoms with Gasteiger partial charge in [-0.1, -0.05) is 0 Å². The third-order valence-corrected chi connectivity index (χ3v) is 5.04. The predicted octanol–water partition coefficient (Wildman–Crippen LogP) is 4.25. The zero-order valence-corrected chi connectivity index (χ0v) is 16.6. The van der Waals surface area contributed by atoms with Gasteiger partial charge < -0.3 is 15.0 Å². The van der Waals surface area contributed by atoms with Crippen LogP contribution in [0, 0.1) is 0 Å². The maximum absolute atomic E-state index is 13.3. The number of ether oxygens (including phenoxy) is 1. The molecule has 3 rings (SSSR count). The van der Waals surface area contributed by atoms with Crippen LogP contribution in [-0.2, 0) is 4.74 Å². The summed E-state index contributed by atoms with van der Waals surface area (Å²) in [4.78, 5) is 29.6. The quantitative estimate of drug-likeness (QED) is 0.700. The number of halogens is 3. The number of piperidine rings is 1. The Hall–Kier alpha value is -2.55. The second-order valence-corrected chi connectivity index (χ2v) is 7.25. The minimum absolute atomic E-state index is 0.0238. The Balaban J connectivity index is 1.68. The van der Waals surface area contributed by atoms with E-state index in [1.807, 2.05) is 0 Å². The lowest BCUT2D eigenvalue weighted by molar-refractivity contribution is -0.0494. The number of pyridine rings is 1. The van der Waals surface area contributed by atoms with Crippen molar-refractivity contribution < 1.29 is 23.1 Å². The highest BCUT2D eigenvalue weighted by Crippen LogP contribution is 2.29. The molecule has 1 aliphatic rings. The Morgan fingerprint density at radius 1 is 1.18 bits per heavy atom. The number of nitrogens with zero attached hydrogens (tertiary/aromatic N) is 2. The van der Waals surface area contributed by atoms with Gasteiger partial charge in [0.15, 0.2) is 0 Å². The number of alkyl halides is 2. The van der Waals surface area contributed by atoms with E-state index in [2.05, 4.69) is 31.0 Å². The molecule has 9 heteroatoms. The Morgan fingerprint density at radius 3 is 2.39 bits per heavy atom. The van der Waals surface area contributed by atoms with Gasteiger partial charge in [0.25, 0.3) is 11.8 Å². The molecule has 0 spiro atoms. The van der Waals surface area contributed by atoms with Gasteiger partial charge in [-0.05, 0) is 46.3 Å². The summed E-state index contributed by atoms with van der Waals surface area (Å²) >= 11 is 3.37. The molecule has 1 fully saturated rings. The second-order valence-electron chi connectivity index (χ2n) is 6.40. The van der Waals surface area contributed by atoms with Gasteiger partial charge in [0.2, 0.25) is 0 Å². The van der Waals surface area contributed by atoms with Gasteiger partial charge in [-0.25, -0.2) is 18.6 Å². The van der Waals surface area contributed by atoms with Gasteiger partial charge in [-0.15, -0.1) is 0 Å². The van der Waals surface area contributed by atoms with Crippen molar-refractivity contribution in [1.29, 1.82) is 0 Å². The number of benzene rings is 1. The number of nitrogens with one attached hydrogen (secondary N) is 1. The Morgan fingerprint density at radius 2 is 1.82 bits per heavy atom. The molecule has 1 amide bonds. The molecule has 1 saturated heterocycles. The first kappa shape index (κ1) is 20.2. The smallest absolute Gasteiger partial charge is 0.337 e. The van der Waals surface area contributed by atoms with Crippen molar-refractivity contribution in [1.82, 2.24) is 9.88 Å². The molecule has 1 aliphatic heterocycles. The number of amides is 1. The van der Waals surface area contributed by atoms with E-state index in [1.54, 1.807) is 30.3 Å². The zero-order valence-electron chi connectivity index (χ0n) is 15.0. The summed E-state index contributed by atoms with van der Waals surface area (Å²) in [5, 5.41) is 3.08. The Bertz CT molecular complexity index is 880. The molecule has 0 atom stereocenters. The lowest BCUT2D eigenvalue weighted by atomic mass is 10.1. The molecule has 0 unspecified atom stereocenters. The lowest BCUT2D eigenvalue weighted by Gasteiger charge is -2.31. The summed E-state index contributed by atoms with van der Waals surface area (Å²) in [6.07, 6.45) is 0.758. The monoisotopic (exact) mass is 453 g/mol. The number of aromatic nitrogens is 1. The van der Waals surface area contributed by atoms with Crippen molar-refractivity contribution in [3.05, 3.63) is 52.1 Å². The van der Waals surface area contributed by atoms with Crippen LogP contribution in [0.4, 0.5) is 20.3 Å². The standard InChI is InChI=1S/C19H18BrF2N3O3/c1-28-18(27)12-2-4-14(5-3-12)24-16-15(20)10-13(11-23-16)17(26)25-8-6-19(21,22)7-9-25/h2-5,10-11H,6-9H2,1H3,(H,23,24).